The number of alkyl halides is 1. The Bertz CT molecular complexity index is 940. The molecular formula is C21H23ClFN5O. The van der Waals surface area contributed by atoms with E-state index in [-0.39, 0.29) is 25.4 Å². The molecule has 2 atom stereocenters. The first-order valence-electron chi connectivity index (χ1n) is 9.90. The van der Waals surface area contributed by atoms with Crippen LogP contribution in [-0.2, 0) is 4.79 Å². The van der Waals surface area contributed by atoms with Gasteiger partial charge in [0, 0.05) is 42.8 Å². The lowest BCUT2D eigenvalue weighted by atomic mass is 10.0. The number of carbonyl (C=O) groups is 1. The van der Waals surface area contributed by atoms with Crippen molar-refractivity contribution in [3.8, 4) is 6.07 Å². The Labute approximate surface area is 174 Å². The first-order valence-corrected chi connectivity index (χ1v) is 10.3. The van der Waals surface area contributed by atoms with Crippen LogP contribution in [-0.4, -0.2) is 65.1 Å². The minimum absolute atomic E-state index is 0.0345. The summed E-state index contributed by atoms with van der Waals surface area (Å²) in [6.07, 6.45) is 2.46. The van der Waals surface area contributed by atoms with Crippen LogP contribution >= 0.6 is 11.6 Å². The number of aromatic nitrogens is 1. The molecule has 4 rings (SSSR count). The number of amides is 1. The molecule has 0 aliphatic carbocycles. The predicted molar refractivity (Wildman–Crippen MR) is 110 cm³/mol. The summed E-state index contributed by atoms with van der Waals surface area (Å²) in [5.41, 5.74) is 1.90. The highest BCUT2D eigenvalue weighted by Gasteiger charge is 2.36. The summed E-state index contributed by atoms with van der Waals surface area (Å²) in [5.74, 6) is -0.155. The number of pyridine rings is 1. The van der Waals surface area contributed by atoms with Crippen LogP contribution in [0, 0.1) is 11.3 Å². The molecule has 152 valence electrons. The van der Waals surface area contributed by atoms with E-state index in [1.807, 2.05) is 30.3 Å². The Morgan fingerprint density at radius 1 is 1.38 bits per heavy atom. The van der Waals surface area contributed by atoms with Gasteiger partial charge in [-0.05, 0) is 31.0 Å². The molecule has 2 saturated heterocycles. The Morgan fingerprint density at radius 2 is 2.17 bits per heavy atom. The number of anilines is 1. The van der Waals surface area contributed by atoms with Gasteiger partial charge >= 0.3 is 0 Å². The first-order chi connectivity index (χ1) is 14.0. The fourth-order valence-electron chi connectivity index (χ4n) is 4.17. The molecule has 0 saturated carbocycles. The molecule has 2 aliphatic heterocycles. The summed E-state index contributed by atoms with van der Waals surface area (Å²) in [6.45, 7) is 1.83. The van der Waals surface area contributed by atoms with Crippen LogP contribution in [0.1, 0.15) is 19.3 Å². The molecule has 1 amide bonds. The van der Waals surface area contributed by atoms with Gasteiger partial charge < -0.3 is 10.2 Å². The van der Waals surface area contributed by atoms with E-state index in [9.17, 15) is 9.18 Å². The number of likely N-dealkylation sites (tertiary alicyclic amines) is 2. The van der Waals surface area contributed by atoms with Gasteiger partial charge in [-0.2, -0.15) is 5.26 Å². The van der Waals surface area contributed by atoms with E-state index in [1.165, 1.54) is 4.90 Å². The summed E-state index contributed by atoms with van der Waals surface area (Å²) in [6, 6.07) is 9.57. The number of hydrogen-bond donors (Lipinski definition) is 1. The molecule has 8 heteroatoms. The van der Waals surface area contributed by atoms with E-state index in [4.69, 9.17) is 16.9 Å². The van der Waals surface area contributed by atoms with Crippen molar-refractivity contribution >= 4 is 34.1 Å². The number of piperidine rings is 1. The zero-order valence-corrected chi connectivity index (χ0v) is 16.8. The molecule has 0 spiro atoms. The van der Waals surface area contributed by atoms with Gasteiger partial charge in [0.25, 0.3) is 0 Å². The van der Waals surface area contributed by atoms with Crippen molar-refractivity contribution in [3.63, 3.8) is 0 Å². The number of benzene rings is 1. The van der Waals surface area contributed by atoms with Crippen molar-refractivity contribution in [2.45, 2.75) is 37.5 Å². The molecule has 29 heavy (non-hydrogen) atoms. The lowest BCUT2D eigenvalue weighted by molar-refractivity contribution is -0.132. The third kappa shape index (κ3) is 4.44. The van der Waals surface area contributed by atoms with Gasteiger partial charge in [0.2, 0.25) is 5.91 Å². The van der Waals surface area contributed by atoms with Gasteiger partial charge in [0.05, 0.1) is 29.7 Å². The number of halogens is 2. The summed E-state index contributed by atoms with van der Waals surface area (Å²) >= 11 is 6.11. The van der Waals surface area contributed by atoms with Gasteiger partial charge in [-0.15, -0.1) is 0 Å². The van der Waals surface area contributed by atoms with E-state index in [1.54, 1.807) is 6.20 Å². The van der Waals surface area contributed by atoms with Gasteiger partial charge in [-0.3, -0.25) is 14.7 Å². The minimum Gasteiger partial charge on any atom is -0.382 e. The molecule has 3 heterocycles. The molecule has 0 bridgehead atoms. The van der Waals surface area contributed by atoms with Crippen molar-refractivity contribution in [2.75, 3.05) is 31.5 Å². The van der Waals surface area contributed by atoms with Crippen LogP contribution in [0.2, 0.25) is 5.02 Å². The molecular weight excluding hydrogens is 393 g/mol. The number of hydrogen-bond acceptors (Lipinski definition) is 5. The molecule has 1 N–H and O–H groups in total. The normalized spacial score (nSPS) is 23.3. The van der Waals surface area contributed by atoms with Gasteiger partial charge in [-0.25, -0.2) is 4.39 Å². The summed E-state index contributed by atoms with van der Waals surface area (Å²) in [4.78, 5) is 20.4. The van der Waals surface area contributed by atoms with Crippen molar-refractivity contribution < 1.29 is 9.18 Å². The van der Waals surface area contributed by atoms with Crippen molar-refractivity contribution in [3.05, 3.63) is 35.5 Å². The van der Waals surface area contributed by atoms with Crippen LogP contribution in [0.15, 0.2) is 30.5 Å². The van der Waals surface area contributed by atoms with E-state index < -0.39 is 12.2 Å². The second kappa shape index (κ2) is 8.52. The lowest BCUT2D eigenvalue weighted by Crippen LogP contribution is -2.46. The molecule has 2 aliphatic rings. The SMILES string of the molecule is N#C[C@@H]1C[C@H](F)CN1C(=O)CN1CCC(Nc2cccc3ncc(Cl)cc23)CC1. The van der Waals surface area contributed by atoms with E-state index in [0.717, 1.165) is 42.5 Å². The Hall–Kier alpha value is -2.43. The number of carbonyl (C=O) groups excluding carboxylic acids is 1. The van der Waals surface area contributed by atoms with E-state index in [2.05, 4.69) is 15.2 Å². The molecule has 6 nitrogen and oxygen atoms in total. The third-order valence-corrected chi connectivity index (χ3v) is 5.92. The lowest BCUT2D eigenvalue weighted by Gasteiger charge is -2.33. The highest BCUT2D eigenvalue weighted by Crippen LogP contribution is 2.27. The number of nitrogens with zero attached hydrogens (tertiary/aromatic N) is 4. The van der Waals surface area contributed by atoms with Gasteiger partial charge in [0.15, 0.2) is 0 Å². The topological polar surface area (TPSA) is 72.3 Å². The fraction of sp³-hybridized carbons (Fsp3) is 0.476. The van der Waals surface area contributed by atoms with Crippen LogP contribution in [0.25, 0.3) is 10.9 Å². The monoisotopic (exact) mass is 415 g/mol. The fourth-order valence-corrected chi connectivity index (χ4v) is 4.33. The average molecular weight is 416 g/mol. The number of rotatable bonds is 4. The zero-order valence-electron chi connectivity index (χ0n) is 16.0. The molecule has 2 fully saturated rings. The number of fused-ring (bicyclic) bond motifs is 1. The average Bonchev–Trinajstić information content (AvgIpc) is 3.11. The van der Waals surface area contributed by atoms with Crippen LogP contribution in [0.3, 0.4) is 0 Å². The highest BCUT2D eigenvalue weighted by molar-refractivity contribution is 6.31. The summed E-state index contributed by atoms with van der Waals surface area (Å²) in [7, 11) is 0. The van der Waals surface area contributed by atoms with Crippen molar-refractivity contribution in [1.29, 1.82) is 5.26 Å². The summed E-state index contributed by atoms with van der Waals surface area (Å²) in [5, 5.41) is 14.3. The van der Waals surface area contributed by atoms with E-state index >= 15 is 0 Å². The number of nitriles is 1. The molecule has 2 aromatic rings. The maximum atomic E-state index is 13.6. The molecule has 1 aromatic heterocycles. The Morgan fingerprint density at radius 3 is 2.93 bits per heavy atom. The van der Waals surface area contributed by atoms with Gasteiger partial charge in [0.1, 0.15) is 12.2 Å². The standard InChI is InChI=1S/C21H23ClFN5O/c22-14-8-18-19(25-11-14)2-1-3-20(18)26-16-4-6-27(7-5-16)13-21(29)28-12-15(23)9-17(28)10-24/h1-3,8,11,15-17,26H,4-7,9,12-13H2/t15-,17-/m0/s1. The predicted octanol–water partition coefficient (Wildman–Crippen LogP) is 3.23. The second-order valence-corrected chi connectivity index (χ2v) is 8.18. The Kier molecular flexibility index (Phi) is 5.84. The van der Waals surface area contributed by atoms with Crippen LogP contribution in [0.4, 0.5) is 10.1 Å². The smallest absolute Gasteiger partial charge is 0.237 e. The van der Waals surface area contributed by atoms with E-state index in [0.29, 0.717) is 11.1 Å². The first kappa shape index (κ1) is 19.9. The van der Waals surface area contributed by atoms with Gasteiger partial charge in [-0.1, -0.05) is 17.7 Å². The quantitative estimate of drug-likeness (QED) is 0.830. The van der Waals surface area contributed by atoms with Crippen molar-refractivity contribution in [2.24, 2.45) is 0 Å². The molecule has 0 radical (unpaired) electrons. The largest absolute Gasteiger partial charge is 0.382 e. The maximum absolute atomic E-state index is 13.6. The maximum Gasteiger partial charge on any atom is 0.237 e. The summed E-state index contributed by atoms with van der Waals surface area (Å²) < 4.78 is 13.6. The zero-order chi connectivity index (χ0) is 20.4. The van der Waals surface area contributed by atoms with Crippen LogP contribution < -0.4 is 5.32 Å². The Balaban J connectivity index is 1.33. The number of nitrogens with one attached hydrogen (secondary N) is 1. The molecule has 0 unspecified atom stereocenters. The highest BCUT2D eigenvalue weighted by atomic mass is 35.5. The minimum atomic E-state index is -1.10. The third-order valence-electron chi connectivity index (χ3n) is 5.72. The van der Waals surface area contributed by atoms with Crippen molar-refractivity contribution in [1.82, 2.24) is 14.8 Å². The molecule has 1 aromatic carbocycles. The van der Waals surface area contributed by atoms with Crippen LogP contribution in [0.5, 0.6) is 0 Å². The second-order valence-electron chi connectivity index (χ2n) is 7.74.